The Morgan fingerprint density at radius 1 is 1.44 bits per heavy atom. The van der Waals surface area contributed by atoms with E-state index in [1.807, 2.05) is 0 Å². The zero-order valence-corrected chi connectivity index (χ0v) is 8.12. The van der Waals surface area contributed by atoms with E-state index >= 15 is 0 Å². The van der Waals surface area contributed by atoms with Crippen LogP contribution in [-0.4, -0.2) is 11.5 Å². The van der Waals surface area contributed by atoms with Crippen molar-refractivity contribution < 1.29 is 18.1 Å². The molecule has 0 fully saturated rings. The summed E-state index contributed by atoms with van der Waals surface area (Å²) in [5.74, 6) is -2.63. The topological polar surface area (TPSA) is 69.2 Å². The molecule has 4 nitrogen and oxygen atoms in total. The maximum atomic E-state index is 13.4. The van der Waals surface area contributed by atoms with Crippen LogP contribution in [0.2, 0.25) is 0 Å². The van der Waals surface area contributed by atoms with Gasteiger partial charge in [-0.25, -0.2) is 8.78 Å². The summed E-state index contributed by atoms with van der Waals surface area (Å²) in [6.07, 6.45) is -2.28. The van der Waals surface area contributed by atoms with Crippen LogP contribution in [-0.2, 0) is 0 Å². The van der Waals surface area contributed by atoms with Crippen LogP contribution in [0.1, 0.15) is 18.2 Å². The van der Waals surface area contributed by atoms with Crippen molar-refractivity contribution in [3.8, 4) is 0 Å². The second kappa shape index (κ2) is 4.93. The lowest BCUT2D eigenvalue weighted by Gasteiger charge is -2.09. The van der Waals surface area contributed by atoms with Crippen LogP contribution >= 0.6 is 0 Å². The zero-order chi connectivity index (χ0) is 12.3. The molecule has 0 spiro atoms. The molecule has 0 radical (unpaired) electrons. The molecule has 0 saturated carbocycles. The van der Waals surface area contributed by atoms with Crippen molar-refractivity contribution in [3.05, 3.63) is 39.4 Å². The van der Waals surface area contributed by atoms with Gasteiger partial charge in [0.05, 0.1) is 10.5 Å². The third-order valence-corrected chi connectivity index (χ3v) is 2.04. The summed E-state index contributed by atoms with van der Waals surface area (Å²) in [6, 6.07) is 1.32. The summed E-state index contributed by atoms with van der Waals surface area (Å²) < 4.78 is 39.8. The van der Waals surface area contributed by atoms with Gasteiger partial charge in [0.2, 0.25) is 5.82 Å². The number of nitro benzene ring substituents is 1. The summed E-state index contributed by atoms with van der Waals surface area (Å²) in [6.45, 7) is -0.108. The van der Waals surface area contributed by atoms with Gasteiger partial charge in [0.25, 0.3) is 0 Å². The average molecular weight is 234 g/mol. The highest BCUT2D eigenvalue weighted by Gasteiger charge is 2.26. The number of alkyl halides is 1. The first kappa shape index (κ1) is 12.4. The molecule has 0 amide bonds. The van der Waals surface area contributed by atoms with Crippen molar-refractivity contribution in [3.63, 3.8) is 0 Å². The fourth-order valence-electron chi connectivity index (χ4n) is 1.28. The van der Waals surface area contributed by atoms with Gasteiger partial charge in [-0.1, -0.05) is 0 Å². The van der Waals surface area contributed by atoms with Crippen LogP contribution in [0, 0.1) is 21.7 Å². The molecule has 1 aromatic carbocycles. The van der Waals surface area contributed by atoms with E-state index in [0.717, 1.165) is 0 Å². The number of rotatable bonds is 4. The highest BCUT2D eigenvalue weighted by atomic mass is 19.2. The first-order chi connectivity index (χ1) is 7.49. The average Bonchev–Trinajstić information content (AvgIpc) is 2.17. The summed E-state index contributed by atoms with van der Waals surface area (Å²) >= 11 is 0. The van der Waals surface area contributed by atoms with E-state index in [-0.39, 0.29) is 13.0 Å². The maximum Gasteiger partial charge on any atom is 0.305 e. The summed E-state index contributed by atoms with van der Waals surface area (Å²) in [7, 11) is 0. The fraction of sp³-hybridized carbons (Fsp3) is 0.333. The van der Waals surface area contributed by atoms with Crippen molar-refractivity contribution in [1.82, 2.24) is 0 Å². The molecule has 0 saturated heterocycles. The van der Waals surface area contributed by atoms with E-state index in [9.17, 15) is 23.3 Å². The van der Waals surface area contributed by atoms with Crippen molar-refractivity contribution >= 4 is 5.69 Å². The SMILES string of the molecule is NCCC(F)c1c(F)ccc([N+](=O)[O-])c1F. The minimum Gasteiger partial charge on any atom is -0.330 e. The van der Waals surface area contributed by atoms with Crippen molar-refractivity contribution in [1.29, 1.82) is 0 Å². The molecule has 0 aliphatic rings. The Bertz CT molecular complexity index is 412. The Kier molecular flexibility index (Phi) is 3.83. The van der Waals surface area contributed by atoms with Crippen LogP contribution in [0.5, 0.6) is 0 Å². The first-order valence-electron chi connectivity index (χ1n) is 4.45. The third kappa shape index (κ3) is 2.30. The van der Waals surface area contributed by atoms with Gasteiger partial charge in [0.1, 0.15) is 12.0 Å². The van der Waals surface area contributed by atoms with Crippen LogP contribution < -0.4 is 5.73 Å². The predicted molar refractivity (Wildman–Crippen MR) is 50.5 cm³/mol. The fourth-order valence-corrected chi connectivity index (χ4v) is 1.28. The number of hydrogen-bond acceptors (Lipinski definition) is 3. The number of nitro groups is 1. The van der Waals surface area contributed by atoms with Crippen molar-refractivity contribution in [2.45, 2.75) is 12.6 Å². The van der Waals surface area contributed by atoms with Gasteiger partial charge < -0.3 is 5.73 Å². The number of nitrogens with zero attached hydrogens (tertiary/aromatic N) is 1. The van der Waals surface area contributed by atoms with Gasteiger partial charge in [0.15, 0.2) is 0 Å². The summed E-state index contributed by atoms with van der Waals surface area (Å²) in [4.78, 5) is 9.33. The molecule has 0 aliphatic carbocycles. The molecule has 7 heteroatoms. The minimum atomic E-state index is -1.98. The zero-order valence-electron chi connectivity index (χ0n) is 8.12. The lowest BCUT2D eigenvalue weighted by atomic mass is 10.1. The van der Waals surface area contributed by atoms with E-state index in [4.69, 9.17) is 5.73 Å². The summed E-state index contributed by atoms with van der Waals surface area (Å²) in [5, 5.41) is 10.4. The van der Waals surface area contributed by atoms with Gasteiger partial charge in [-0.15, -0.1) is 0 Å². The van der Waals surface area contributed by atoms with Crippen LogP contribution in [0.25, 0.3) is 0 Å². The monoisotopic (exact) mass is 234 g/mol. The quantitative estimate of drug-likeness (QED) is 0.641. The van der Waals surface area contributed by atoms with E-state index in [1.165, 1.54) is 0 Å². The van der Waals surface area contributed by atoms with Crippen LogP contribution in [0.3, 0.4) is 0 Å². The van der Waals surface area contributed by atoms with Gasteiger partial charge in [-0.2, -0.15) is 4.39 Å². The maximum absolute atomic E-state index is 13.4. The summed E-state index contributed by atoms with van der Waals surface area (Å²) in [5.41, 5.74) is 3.17. The molecule has 0 bridgehead atoms. The normalized spacial score (nSPS) is 12.5. The third-order valence-electron chi connectivity index (χ3n) is 2.04. The second-order valence-corrected chi connectivity index (χ2v) is 3.10. The molecule has 0 aliphatic heterocycles. The van der Waals surface area contributed by atoms with E-state index in [2.05, 4.69) is 0 Å². The molecule has 88 valence electrons. The van der Waals surface area contributed by atoms with Gasteiger partial charge in [-0.3, -0.25) is 10.1 Å². The van der Waals surface area contributed by atoms with Crippen molar-refractivity contribution in [2.75, 3.05) is 6.54 Å². The smallest absolute Gasteiger partial charge is 0.305 e. The number of benzene rings is 1. The molecule has 1 unspecified atom stereocenters. The van der Waals surface area contributed by atoms with Gasteiger partial charge in [0, 0.05) is 6.07 Å². The Morgan fingerprint density at radius 3 is 2.56 bits per heavy atom. The predicted octanol–water partition coefficient (Wildman–Crippen LogP) is 2.23. The van der Waals surface area contributed by atoms with Crippen LogP contribution in [0.15, 0.2) is 12.1 Å². The van der Waals surface area contributed by atoms with Crippen molar-refractivity contribution in [2.24, 2.45) is 5.73 Å². The molecule has 2 N–H and O–H groups in total. The highest BCUT2D eigenvalue weighted by Crippen LogP contribution is 2.31. The molecule has 1 aromatic rings. The molecule has 1 rings (SSSR count). The van der Waals surface area contributed by atoms with Gasteiger partial charge >= 0.3 is 5.69 Å². The highest BCUT2D eigenvalue weighted by molar-refractivity contribution is 5.38. The Hall–Kier alpha value is -1.63. The molecule has 1 atom stereocenters. The molecule has 16 heavy (non-hydrogen) atoms. The minimum absolute atomic E-state index is 0.108. The standard InChI is InChI=1S/C9H9F3N2O2/c10-5-1-2-7(14(15)16)9(12)8(5)6(11)3-4-13/h1-2,6H,3-4,13H2. The molecule has 0 heterocycles. The van der Waals surface area contributed by atoms with E-state index in [0.29, 0.717) is 12.1 Å². The van der Waals surface area contributed by atoms with E-state index in [1.54, 1.807) is 0 Å². The Morgan fingerprint density at radius 2 is 2.06 bits per heavy atom. The molecular weight excluding hydrogens is 225 g/mol. The Balaban J connectivity index is 3.26. The lowest BCUT2D eigenvalue weighted by Crippen LogP contribution is -2.08. The first-order valence-corrected chi connectivity index (χ1v) is 4.45. The molecular formula is C9H9F3N2O2. The second-order valence-electron chi connectivity index (χ2n) is 3.10. The van der Waals surface area contributed by atoms with E-state index < -0.39 is 34.0 Å². The largest absolute Gasteiger partial charge is 0.330 e. The van der Waals surface area contributed by atoms with Gasteiger partial charge in [-0.05, 0) is 19.0 Å². The lowest BCUT2D eigenvalue weighted by molar-refractivity contribution is -0.387. The number of hydrogen-bond donors (Lipinski definition) is 1. The number of halogens is 3. The number of nitrogens with two attached hydrogens (primary N) is 1. The Labute approximate surface area is 89.0 Å². The molecule has 0 aromatic heterocycles. The van der Waals surface area contributed by atoms with Crippen LogP contribution in [0.4, 0.5) is 18.9 Å².